The van der Waals surface area contributed by atoms with Crippen LogP contribution in [0.25, 0.3) is 0 Å². The van der Waals surface area contributed by atoms with Crippen molar-refractivity contribution in [2.24, 2.45) is 0 Å². The smallest absolute Gasteiger partial charge is 0.337 e. The maximum absolute atomic E-state index is 11.1. The molecular formula is C14H17N3O2S. The van der Waals surface area contributed by atoms with E-state index >= 15 is 0 Å². The number of aryl methyl sites for hydroxylation is 1. The minimum Gasteiger partial charge on any atom is -0.478 e. The first-order chi connectivity index (χ1) is 9.52. The molecule has 5 nitrogen and oxygen atoms in total. The molecule has 1 unspecified atom stereocenters. The summed E-state index contributed by atoms with van der Waals surface area (Å²) in [7, 11) is 0. The zero-order valence-corrected chi connectivity index (χ0v) is 12.2. The van der Waals surface area contributed by atoms with Gasteiger partial charge in [0.25, 0.3) is 0 Å². The van der Waals surface area contributed by atoms with E-state index in [0.29, 0.717) is 5.69 Å². The minimum absolute atomic E-state index is 0.0216. The third-order valence-corrected chi connectivity index (χ3v) is 4.32. The average molecular weight is 291 g/mol. The molecule has 1 aromatic heterocycles. The fraction of sp³-hybridized carbons (Fsp3) is 0.286. The molecule has 0 spiro atoms. The van der Waals surface area contributed by atoms with Crippen molar-refractivity contribution in [2.45, 2.75) is 26.3 Å². The second-order valence-corrected chi connectivity index (χ2v) is 5.60. The van der Waals surface area contributed by atoms with Crippen LogP contribution in [0, 0.1) is 0 Å². The quantitative estimate of drug-likeness (QED) is 0.736. The molecule has 0 saturated heterocycles. The van der Waals surface area contributed by atoms with Crippen LogP contribution >= 0.6 is 11.3 Å². The molecule has 0 saturated carbocycles. The number of nitrogens with zero attached hydrogens (tertiary/aromatic N) is 1. The highest BCUT2D eigenvalue weighted by Gasteiger charge is 2.15. The zero-order valence-electron chi connectivity index (χ0n) is 11.4. The van der Waals surface area contributed by atoms with Crippen molar-refractivity contribution in [3.8, 4) is 0 Å². The Morgan fingerprint density at radius 3 is 2.90 bits per heavy atom. The molecule has 2 aromatic rings. The number of carboxylic acids is 1. The lowest BCUT2D eigenvalue weighted by Crippen LogP contribution is -2.10. The Labute approximate surface area is 121 Å². The average Bonchev–Trinajstić information content (AvgIpc) is 2.89. The van der Waals surface area contributed by atoms with Crippen molar-refractivity contribution in [1.82, 2.24) is 4.98 Å². The predicted octanol–water partition coefficient (Wildman–Crippen LogP) is 3.16. The van der Waals surface area contributed by atoms with Gasteiger partial charge in [0.1, 0.15) is 5.01 Å². The van der Waals surface area contributed by atoms with Crippen LogP contribution in [0.4, 0.5) is 11.4 Å². The van der Waals surface area contributed by atoms with Gasteiger partial charge in [-0.2, -0.15) is 0 Å². The number of nitrogen functional groups attached to an aromatic ring is 1. The van der Waals surface area contributed by atoms with E-state index < -0.39 is 5.97 Å². The van der Waals surface area contributed by atoms with Crippen LogP contribution in [0.5, 0.6) is 0 Å². The fourth-order valence-electron chi connectivity index (χ4n) is 1.86. The molecule has 2 rings (SSSR count). The van der Waals surface area contributed by atoms with Gasteiger partial charge in [0.2, 0.25) is 0 Å². The number of carboxylic acid groups (broad SMARTS) is 1. The summed E-state index contributed by atoms with van der Waals surface area (Å²) in [6.07, 6.45) is 2.83. The number of hydrogen-bond donors (Lipinski definition) is 3. The van der Waals surface area contributed by atoms with Crippen LogP contribution in [0.3, 0.4) is 0 Å². The largest absolute Gasteiger partial charge is 0.478 e. The molecule has 20 heavy (non-hydrogen) atoms. The molecule has 6 heteroatoms. The zero-order chi connectivity index (χ0) is 14.7. The van der Waals surface area contributed by atoms with Gasteiger partial charge in [-0.05, 0) is 25.5 Å². The van der Waals surface area contributed by atoms with E-state index in [4.69, 9.17) is 10.8 Å². The summed E-state index contributed by atoms with van der Waals surface area (Å²) in [5.41, 5.74) is 6.85. The van der Waals surface area contributed by atoms with Crippen molar-refractivity contribution in [2.75, 3.05) is 11.1 Å². The first-order valence-corrected chi connectivity index (χ1v) is 7.17. The normalized spacial score (nSPS) is 12.1. The second kappa shape index (κ2) is 5.92. The predicted molar refractivity (Wildman–Crippen MR) is 81.3 cm³/mol. The SMILES string of the molecule is CCc1cnc(C(C)Nc2cccc(C(=O)O)c2N)s1. The molecule has 1 aromatic carbocycles. The molecule has 4 N–H and O–H groups in total. The first kappa shape index (κ1) is 14.3. The van der Waals surface area contributed by atoms with Crippen molar-refractivity contribution in [1.29, 1.82) is 0 Å². The van der Waals surface area contributed by atoms with E-state index in [-0.39, 0.29) is 17.3 Å². The van der Waals surface area contributed by atoms with Crippen LogP contribution in [0.2, 0.25) is 0 Å². The number of rotatable bonds is 5. The highest BCUT2D eigenvalue weighted by atomic mass is 32.1. The topological polar surface area (TPSA) is 88.2 Å². The van der Waals surface area contributed by atoms with E-state index in [9.17, 15) is 4.79 Å². The summed E-state index contributed by atoms with van der Waals surface area (Å²) in [6.45, 7) is 4.06. The Morgan fingerprint density at radius 1 is 1.55 bits per heavy atom. The standard InChI is InChI=1S/C14H17N3O2S/c1-3-9-7-16-13(20-9)8(2)17-11-6-4-5-10(12(11)15)14(18)19/h4-8,17H,3,15H2,1-2H3,(H,18,19). The fourth-order valence-corrected chi connectivity index (χ4v) is 2.72. The van der Waals surface area contributed by atoms with Crippen molar-refractivity contribution in [3.63, 3.8) is 0 Å². The molecule has 1 atom stereocenters. The number of carbonyl (C=O) groups is 1. The molecule has 0 aliphatic rings. The lowest BCUT2D eigenvalue weighted by Gasteiger charge is -2.15. The molecule has 0 fully saturated rings. The summed E-state index contributed by atoms with van der Waals surface area (Å²) in [5.74, 6) is -1.03. The molecule has 0 aliphatic heterocycles. The van der Waals surface area contributed by atoms with Gasteiger partial charge < -0.3 is 16.2 Å². The Hall–Kier alpha value is -2.08. The van der Waals surface area contributed by atoms with Gasteiger partial charge in [0.05, 0.1) is 23.0 Å². The number of hydrogen-bond acceptors (Lipinski definition) is 5. The van der Waals surface area contributed by atoms with Crippen LogP contribution in [-0.4, -0.2) is 16.1 Å². The molecular weight excluding hydrogens is 274 g/mol. The van der Waals surface area contributed by atoms with Crippen molar-refractivity contribution >= 4 is 28.7 Å². The molecule has 0 bridgehead atoms. The monoisotopic (exact) mass is 291 g/mol. The van der Waals surface area contributed by atoms with Crippen LogP contribution in [0.15, 0.2) is 24.4 Å². The van der Waals surface area contributed by atoms with E-state index in [1.165, 1.54) is 10.9 Å². The Bertz CT molecular complexity index is 625. The summed E-state index contributed by atoms with van der Waals surface area (Å²) >= 11 is 1.65. The molecule has 106 valence electrons. The Morgan fingerprint density at radius 2 is 2.30 bits per heavy atom. The third-order valence-electron chi connectivity index (χ3n) is 3.00. The molecule has 0 radical (unpaired) electrons. The maximum atomic E-state index is 11.1. The van der Waals surface area contributed by atoms with Gasteiger partial charge in [-0.1, -0.05) is 13.0 Å². The lowest BCUT2D eigenvalue weighted by atomic mass is 10.1. The number of para-hydroxylation sites is 1. The first-order valence-electron chi connectivity index (χ1n) is 6.35. The van der Waals surface area contributed by atoms with Crippen LogP contribution in [0.1, 0.15) is 40.1 Å². The third kappa shape index (κ3) is 2.91. The summed E-state index contributed by atoms with van der Waals surface area (Å²) in [5, 5.41) is 13.2. The van der Waals surface area contributed by atoms with Gasteiger partial charge in [-0.15, -0.1) is 11.3 Å². The minimum atomic E-state index is -1.03. The number of nitrogens with two attached hydrogens (primary N) is 1. The summed E-state index contributed by atoms with van der Waals surface area (Å²) in [4.78, 5) is 16.6. The van der Waals surface area contributed by atoms with Gasteiger partial charge in [-0.3, -0.25) is 0 Å². The van der Waals surface area contributed by atoms with Gasteiger partial charge in [0, 0.05) is 11.1 Å². The van der Waals surface area contributed by atoms with Gasteiger partial charge >= 0.3 is 5.97 Å². The summed E-state index contributed by atoms with van der Waals surface area (Å²) < 4.78 is 0. The van der Waals surface area contributed by atoms with Gasteiger partial charge in [-0.25, -0.2) is 9.78 Å². The lowest BCUT2D eigenvalue weighted by molar-refractivity contribution is 0.0698. The highest BCUT2D eigenvalue weighted by molar-refractivity contribution is 7.11. The molecule has 0 aliphatic carbocycles. The number of thiazole rings is 1. The highest BCUT2D eigenvalue weighted by Crippen LogP contribution is 2.28. The van der Waals surface area contributed by atoms with Gasteiger partial charge in [0.15, 0.2) is 0 Å². The second-order valence-electron chi connectivity index (χ2n) is 4.46. The van der Waals surface area contributed by atoms with Crippen molar-refractivity contribution < 1.29 is 9.90 Å². The van der Waals surface area contributed by atoms with E-state index in [1.54, 1.807) is 23.5 Å². The van der Waals surface area contributed by atoms with Crippen molar-refractivity contribution in [3.05, 3.63) is 39.8 Å². The van der Waals surface area contributed by atoms with E-state index in [0.717, 1.165) is 11.4 Å². The molecule has 1 heterocycles. The summed E-state index contributed by atoms with van der Waals surface area (Å²) in [6, 6.07) is 4.92. The number of anilines is 2. The number of benzene rings is 1. The van der Waals surface area contributed by atoms with Crippen LogP contribution in [-0.2, 0) is 6.42 Å². The van der Waals surface area contributed by atoms with E-state index in [2.05, 4.69) is 17.2 Å². The molecule has 0 amide bonds. The number of aromatic nitrogens is 1. The Kier molecular flexibility index (Phi) is 4.24. The maximum Gasteiger partial charge on any atom is 0.337 e. The van der Waals surface area contributed by atoms with E-state index in [1.807, 2.05) is 13.1 Å². The number of nitrogens with one attached hydrogen (secondary N) is 1. The Balaban J connectivity index is 2.21. The number of aromatic carboxylic acids is 1. The van der Waals surface area contributed by atoms with Crippen LogP contribution < -0.4 is 11.1 Å².